The maximum Gasteiger partial charge on any atom is 0.410 e. The molecule has 19 heavy (non-hydrogen) atoms. The Morgan fingerprint density at radius 3 is 2.47 bits per heavy atom. The second-order valence-electron chi connectivity index (χ2n) is 6.62. The van der Waals surface area contributed by atoms with Crippen molar-refractivity contribution in [3.8, 4) is 0 Å². The lowest BCUT2D eigenvalue weighted by Gasteiger charge is -2.40. The molecule has 0 radical (unpaired) electrons. The van der Waals surface area contributed by atoms with Gasteiger partial charge in [0, 0.05) is 13.2 Å². The van der Waals surface area contributed by atoms with E-state index in [0.29, 0.717) is 25.0 Å². The van der Waals surface area contributed by atoms with E-state index in [1.54, 1.807) is 4.90 Å². The highest BCUT2D eigenvalue weighted by Crippen LogP contribution is 2.28. The molecule has 0 aromatic heterocycles. The van der Waals surface area contributed by atoms with E-state index in [0.717, 1.165) is 13.0 Å². The van der Waals surface area contributed by atoms with Crippen LogP contribution in [-0.4, -0.2) is 42.4 Å². The number of carbonyl (C=O) groups excluding carboxylic acids is 1. The van der Waals surface area contributed by atoms with E-state index >= 15 is 0 Å². The molecule has 1 rings (SSSR count). The van der Waals surface area contributed by atoms with Gasteiger partial charge in [-0.2, -0.15) is 0 Å². The second kappa shape index (κ2) is 6.60. The van der Waals surface area contributed by atoms with Gasteiger partial charge in [0.2, 0.25) is 0 Å². The number of ether oxygens (including phenoxy) is 2. The molecule has 0 bridgehead atoms. The number of carbonyl (C=O) groups is 1. The van der Waals surface area contributed by atoms with Gasteiger partial charge in [-0.3, -0.25) is 0 Å². The summed E-state index contributed by atoms with van der Waals surface area (Å²) in [5.74, 6) is 1.11. The Labute approximate surface area is 117 Å². The fourth-order valence-electron chi connectivity index (χ4n) is 2.58. The maximum absolute atomic E-state index is 12.1. The number of likely N-dealkylation sites (tertiary alicyclic amines) is 1. The van der Waals surface area contributed by atoms with Crippen LogP contribution >= 0.6 is 0 Å². The predicted molar refractivity (Wildman–Crippen MR) is 76.2 cm³/mol. The summed E-state index contributed by atoms with van der Waals surface area (Å²) in [6.45, 7) is 14.2. The molecule has 4 nitrogen and oxygen atoms in total. The molecule has 2 unspecified atom stereocenters. The molecule has 1 fully saturated rings. The van der Waals surface area contributed by atoms with E-state index in [1.807, 2.05) is 27.7 Å². The Morgan fingerprint density at radius 2 is 2.00 bits per heavy atom. The van der Waals surface area contributed by atoms with Crippen molar-refractivity contribution in [3.63, 3.8) is 0 Å². The van der Waals surface area contributed by atoms with Crippen molar-refractivity contribution in [3.05, 3.63) is 0 Å². The first kappa shape index (κ1) is 16.3. The minimum Gasteiger partial charge on any atom is -0.444 e. The van der Waals surface area contributed by atoms with Crippen LogP contribution in [-0.2, 0) is 9.47 Å². The Morgan fingerprint density at radius 1 is 1.37 bits per heavy atom. The van der Waals surface area contributed by atoms with Gasteiger partial charge < -0.3 is 14.4 Å². The molecule has 4 heteroatoms. The topological polar surface area (TPSA) is 38.8 Å². The van der Waals surface area contributed by atoms with Crippen molar-refractivity contribution in [1.82, 2.24) is 4.90 Å². The highest BCUT2D eigenvalue weighted by Gasteiger charge is 2.35. The zero-order valence-corrected chi connectivity index (χ0v) is 13.2. The van der Waals surface area contributed by atoms with Crippen LogP contribution in [0.5, 0.6) is 0 Å². The van der Waals surface area contributed by atoms with Crippen molar-refractivity contribution in [2.75, 3.05) is 19.7 Å². The summed E-state index contributed by atoms with van der Waals surface area (Å²) in [5.41, 5.74) is -0.437. The van der Waals surface area contributed by atoms with E-state index in [9.17, 15) is 4.79 Å². The molecule has 2 atom stereocenters. The first-order chi connectivity index (χ1) is 8.74. The number of hydrogen-bond acceptors (Lipinski definition) is 3. The quantitative estimate of drug-likeness (QED) is 0.790. The third-order valence-electron chi connectivity index (χ3n) is 3.50. The predicted octanol–water partition coefficient (Wildman–Crippen LogP) is 3.30. The third-order valence-corrected chi connectivity index (χ3v) is 3.50. The van der Waals surface area contributed by atoms with Gasteiger partial charge in [0.1, 0.15) is 5.60 Å². The Bertz CT molecular complexity index is 296. The van der Waals surface area contributed by atoms with Crippen molar-refractivity contribution < 1.29 is 14.3 Å². The lowest BCUT2D eigenvalue weighted by molar-refractivity contribution is -0.0535. The molecule has 0 saturated carbocycles. The van der Waals surface area contributed by atoms with Crippen LogP contribution in [0.4, 0.5) is 4.79 Å². The molecule has 1 aliphatic rings. The molecule has 1 amide bonds. The van der Waals surface area contributed by atoms with Gasteiger partial charge in [-0.15, -0.1) is 0 Å². The van der Waals surface area contributed by atoms with Gasteiger partial charge in [-0.05, 0) is 46.0 Å². The molecular formula is C15H29NO3. The third kappa shape index (κ3) is 5.01. The molecule has 1 saturated heterocycles. The summed E-state index contributed by atoms with van der Waals surface area (Å²) in [6, 6.07) is 0. The van der Waals surface area contributed by atoms with Crippen LogP contribution in [0.2, 0.25) is 0 Å². The van der Waals surface area contributed by atoms with Crippen molar-refractivity contribution in [2.45, 2.75) is 59.7 Å². The summed E-state index contributed by atoms with van der Waals surface area (Å²) >= 11 is 0. The molecule has 0 aromatic carbocycles. The van der Waals surface area contributed by atoms with Gasteiger partial charge in [0.15, 0.2) is 0 Å². The maximum atomic E-state index is 12.1. The van der Waals surface area contributed by atoms with Crippen molar-refractivity contribution in [2.24, 2.45) is 11.8 Å². The number of nitrogens with zero attached hydrogens (tertiary/aromatic N) is 1. The number of piperidine rings is 1. The molecule has 1 aliphatic heterocycles. The van der Waals surface area contributed by atoms with E-state index < -0.39 is 5.60 Å². The minimum atomic E-state index is -0.437. The zero-order chi connectivity index (χ0) is 14.6. The van der Waals surface area contributed by atoms with Gasteiger partial charge in [0.25, 0.3) is 0 Å². The van der Waals surface area contributed by atoms with Crippen LogP contribution in [0, 0.1) is 11.8 Å². The minimum absolute atomic E-state index is 0.131. The highest BCUT2D eigenvalue weighted by molar-refractivity contribution is 5.68. The smallest absolute Gasteiger partial charge is 0.410 e. The summed E-state index contributed by atoms with van der Waals surface area (Å²) in [4.78, 5) is 13.9. The van der Waals surface area contributed by atoms with E-state index in [4.69, 9.17) is 9.47 Å². The van der Waals surface area contributed by atoms with Crippen LogP contribution in [0.15, 0.2) is 0 Å². The molecule has 0 N–H and O–H groups in total. The van der Waals surface area contributed by atoms with E-state index in [1.165, 1.54) is 0 Å². The van der Waals surface area contributed by atoms with Crippen LogP contribution in [0.1, 0.15) is 48.0 Å². The summed E-state index contributed by atoms with van der Waals surface area (Å²) in [7, 11) is 0. The molecule has 112 valence electrons. The van der Waals surface area contributed by atoms with Crippen molar-refractivity contribution in [1.29, 1.82) is 0 Å². The normalized spacial score (nSPS) is 24.7. The van der Waals surface area contributed by atoms with Crippen LogP contribution in [0.3, 0.4) is 0 Å². The standard InChI is InChI=1S/C15H29NO3/c1-7-18-13-10-16(9-8-12(13)11(2)3)14(17)19-15(4,5)6/h11-13H,7-10H2,1-6H3. The van der Waals surface area contributed by atoms with Gasteiger partial charge >= 0.3 is 6.09 Å². The summed E-state index contributed by atoms with van der Waals surface area (Å²) < 4.78 is 11.2. The molecule has 1 heterocycles. The van der Waals surface area contributed by atoms with Crippen LogP contribution < -0.4 is 0 Å². The molecule has 0 aliphatic carbocycles. The average Bonchev–Trinajstić information content (AvgIpc) is 2.26. The number of amides is 1. The lowest BCUT2D eigenvalue weighted by Crippen LogP contribution is -2.50. The van der Waals surface area contributed by atoms with Gasteiger partial charge in [0.05, 0.1) is 12.6 Å². The largest absolute Gasteiger partial charge is 0.444 e. The van der Waals surface area contributed by atoms with E-state index in [2.05, 4.69) is 13.8 Å². The zero-order valence-electron chi connectivity index (χ0n) is 13.2. The Balaban J connectivity index is 2.63. The molecule has 0 aromatic rings. The molecule has 0 spiro atoms. The van der Waals surface area contributed by atoms with Crippen molar-refractivity contribution >= 4 is 6.09 Å². The average molecular weight is 271 g/mol. The SMILES string of the molecule is CCOC1CN(C(=O)OC(C)(C)C)CCC1C(C)C. The first-order valence-electron chi connectivity index (χ1n) is 7.34. The van der Waals surface area contributed by atoms with Gasteiger partial charge in [-0.1, -0.05) is 13.8 Å². The number of rotatable bonds is 3. The Hall–Kier alpha value is -0.770. The second-order valence-corrected chi connectivity index (χ2v) is 6.62. The lowest BCUT2D eigenvalue weighted by atomic mass is 9.84. The van der Waals surface area contributed by atoms with Crippen LogP contribution in [0.25, 0.3) is 0 Å². The monoisotopic (exact) mass is 271 g/mol. The molecular weight excluding hydrogens is 242 g/mol. The summed E-state index contributed by atoms with van der Waals surface area (Å²) in [5, 5.41) is 0. The highest BCUT2D eigenvalue weighted by atomic mass is 16.6. The fourth-order valence-corrected chi connectivity index (χ4v) is 2.58. The van der Waals surface area contributed by atoms with E-state index in [-0.39, 0.29) is 12.2 Å². The van der Waals surface area contributed by atoms with Gasteiger partial charge in [-0.25, -0.2) is 4.79 Å². The first-order valence-corrected chi connectivity index (χ1v) is 7.34. The summed E-state index contributed by atoms with van der Waals surface area (Å²) in [6.07, 6.45) is 0.896. The Kier molecular flexibility index (Phi) is 5.65. The fraction of sp³-hybridized carbons (Fsp3) is 0.933. The number of hydrogen-bond donors (Lipinski definition) is 0.